The molecule has 1 saturated heterocycles. The minimum atomic E-state index is -0.944. The molecule has 1 aromatic heterocycles. The van der Waals surface area contributed by atoms with Crippen LogP contribution < -0.4 is 5.32 Å². The van der Waals surface area contributed by atoms with Crippen molar-refractivity contribution in [1.82, 2.24) is 20.0 Å². The largest absolute Gasteiger partial charge is 0.481 e. The molecule has 2 amide bonds. The minimum absolute atomic E-state index is 0.138. The predicted octanol–water partition coefficient (Wildman–Crippen LogP) is -0.0305. The lowest BCUT2D eigenvalue weighted by molar-refractivity contribution is -0.142. The first kappa shape index (κ1) is 15.3. The van der Waals surface area contributed by atoms with Gasteiger partial charge >= 0.3 is 12.0 Å². The van der Waals surface area contributed by atoms with Crippen molar-refractivity contribution in [3.8, 4) is 0 Å². The Kier molecular flexibility index (Phi) is 4.46. The number of hydrogen-bond donors (Lipinski definition) is 2. The van der Waals surface area contributed by atoms with Crippen molar-refractivity contribution in [2.45, 2.75) is 19.5 Å². The number of carboxylic acids is 1. The number of likely N-dealkylation sites (N-methyl/N-ethyl adjacent to an activating group) is 1. The third-order valence-corrected chi connectivity index (χ3v) is 3.73. The Bertz CT molecular complexity index is 542. The summed E-state index contributed by atoms with van der Waals surface area (Å²) in [4.78, 5) is 24.6. The number of amides is 2. The Morgan fingerprint density at radius 3 is 2.86 bits per heavy atom. The third-order valence-electron chi connectivity index (χ3n) is 3.73. The summed E-state index contributed by atoms with van der Waals surface area (Å²) in [6.07, 6.45) is 1.84. The van der Waals surface area contributed by atoms with E-state index in [0.717, 1.165) is 11.3 Å². The van der Waals surface area contributed by atoms with Crippen molar-refractivity contribution in [2.24, 2.45) is 13.0 Å². The fourth-order valence-electron chi connectivity index (χ4n) is 2.43. The van der Waals surface area contributed by atoms with E-state index >= 15 is 0 Å². The SMILES string of the molecule is Cc1nn(C)cc1CNC(=O)N(C)C1COCC1C(=O)O. The van der Waals surface area contributed by atoms with Gasteiger partial charge in [-0.05, 0) is 6.92 Å². The van der Waals surface area contributed by atoms with Crippen molar-refractivity contribution in [2.75, 3.05) is 20.3 Å². The maximum absolute atomic E-state index is 12.1. The Hall–Kier alpha value is -2.09. The van der Waals surface area contributed by atoms with Crippen LogP contribution in [0.25, 0.3) is 0 Å². The first-order valence-electron chi connectivity index (χ1n) is 6.70. The number of urea groups is 1. The van der Waals surface area contributed by atoms with Crippen LogP contribution in [-0.4, -0.2) is 58.1 Å². The Labute approximate surface area is 122 Å². The Balaban J connectivity index is 1.93. The monoisotopic (exact) mass is 296 g/mol. The molecule has 0 radical (unpaired) electrons. The highest BCUT2D eigenvalue weighted by atomic mass is 16.5. The number of carbonyl (C=O) groups excluding carboxylic acids is 1. The number of aliphatic carboxylic acids is 1. The van der Waals surface area contributed by atoms with E-state index in [4.69, 9.17) is 9.84 Å². The number of aryl methyl sites for hydroxylation is 2. The van der Waals surface area contributed by atoms with Crippen molar-refractivity contribution in [1.29, 1.82) is 0 Å². The molecule has 0 aromatic carbocycles. The summed E-state index contributed by atoms with van der Waals surface area (Å²) in [5, 5.41) is 16.1. The molecule has 1 aliphatic rings. The van der Waals surface area contributed by atoms with Crippen LogP contribution in [0.4, 0.5) is 4.79 Å². The molecule has 0 bridgehead atoms. The molecule has 0 aliphatic carbocycles. The highest BCUT2D eigenvalue weighted by Gasteiger charge is 2.38. The van der Waals surface area contributed by atoms with Crippen LogP contribution in [-0.2, 0) is 23.1 Å². The average molecular weight is 296 g/mol. The molecule has 1 fully saturated rings. The standard InChI is InChI=1S/C13H20N4O4/c1-8-9(5-16(2)15-8)4-14-13(20)17(3)11-7-21-6-10(11)12(18)19/h5,10-11H,4,6-7H2,1-3H3,(H,14,20)(H,18,19). The molecule has 116 valence electrons. The summed E-state index contributed by atoms with van der Waals surface area (Å²) >= 11 is 0. The van der Waals surface area contributed by atoms with Crippen LogP contribution in [0.1, 0.15) is 11.3 Å². The number of nitrogens with zero attached hydrogens (tertiary/aromatic N) is 3. The van der Waals surface area contributed by atoms with E-state index in [2.05, 4.69) is 10.4 Å². The molecule has 0 spiro atoms. The molecule has 8 heteroatoms. The second kappa shape index (κ2) is 6.13. The zero-order chi connectivity index (χ0) is 15.6. The highest BCUT2D eigenvalue weighted by Crippen LogP contribution is 2.19. The zero-order valence-corrected chi connectivity index (χ0v) is 12.4. The first-order chi connectivity index (χ1) is 9.90. The quantitative estimate of drug-likeness (QED) is 0.813. The molecule has 0 saturated carbocycles. The van der Waals surface area contributed by atoms with Crippen LogP contribution in [0.3, 0.4) is 0 Å². The number of nitrogens with one attached hydrogen (secondary N) is 1. The second-order valence-electron chi connectivity index (χ2n) is 5.23. The van der Waals surface area contributed by atoms with Crippen molar-refractivity contribution < 1.29 is 19.4 Å². The van der Waals surface area contributed by atoms with Crippen molar-refractivity contribution in [3.05, 3.63) is 17.5 Å². The number of rotatable bonds is 4. The van der Waals surface area contributed by atoms with Gasteiger partial charge in [0.25, 0.3) is 0 Å². The number of aromatic nitrogens is 2. The molecule has 2 unspecified atom stereocenters. The van der Waals surface area contributed by atoms with Gasteiger partial charge < -0.3 is 20.1 Å². The molecule has 2 heterocycles. The van der Waals surface area contributed by atoms with Crippen LogP contribution in [0.15, 0.2) is 6.20 Å². The zero-order valence-electron chi connectivity index (χ0n) is 12.4. The fraction of sp³-hybridized carbons (Fsp3) is 0.615. The lowest BCUT2D eigenvalue weighted by atomic mass is 10.0. The van der Waals surface area contributed by atoms with Gasteiger partial charge in [-0.15, -0.1) is 0 Å². The van der Waals surface area contributed by atoms with Crippen molar-refractivity contribution in [3.63, 3.8) is 0 Å². The average Bonchev–Trinajstić information content (AvgIpc) is 3.01. The summed E-state index contributed by atoms with van der Waals surface area (Å²) in [6.45, 7) is 2.61. The highest BCUT2D eigenvalue weighted by molar-refractivity contribution is 5.77. The molecule has 8 nitrogen and oxygen atoms in total. The van der Waals surface area contributed by atoms with Gasteiger partial charge in [-0.25, -0.2) is 4.79 Å². The smallest absolute Gasteiger partial charge is 0.317 e. The molecule has 2 N–H and O–H groups in total. The van der Waals surface area contributed by atoms with Gasteiger partial charge in [0.15, 0.2) is 0 Å². The molecule has 1 aliphatic heterocycles. The number of hydrogen-bond acceptors (Lipinski definition) is 4. The summed E-state index contributed by atoms with van der Waals surface area (Å²) < 4.78 is 6.86. The lowest BCUT2D eigenvalue weighted by Crippen LogP contribution is -2.48. The maximum Gasteiger partial charge on any atom is 0.317 e. The predicted molar refractivity (Wildman–Crippen MR) is 73.7 cm³/mol. The van der Waals surface area contributed by atoms with Crippen LogP contribution >= 0.6 is 0 Å². The van der Waals surface area contributed by atoms with Crippen LogP contribution in [0.2, 0.25) is 0 Å². The third kappa shape index (κ3) is 3.33. The van der Waals surface area contributed by atoms with E-state index in [9.17, 15) is 9.59 Å². The molecular formula is C13H20N4O4. The van der Waals surface area contributed by atoms with Gasteiger partial charge in [-0.3, -0.25) is 9.48 Å². The van der Waals surface area contributed by atoms with Gasteiger partial charge in [-0.1, -0.05) is 0 Å². The fourth-order valence-corrected chi connectivity index (χ4v) is 2.43. The molecule has 2 atom stereocenters. The number of carbonyl (C=O) groups is 2. The van der Waals surface area contributed by atoms with E-state index in [1.54, 1.807) is 11.7 Å². The second-order valence-corrected chi connectivity index (χ2v) is 5.23. The van der Waals surface area contributed by atoms with Gasteiger partial charge in [0.1, 0.15) is 5.92 Å². The van der Waals surface area contributed by atoms with E-state index in [1.807, 2.05) is 20.2 Å². The van der Waals surface area contributed by atoms with E-state index in [1.165, 1.54) is 4.90 Å². The van der Waals surface area contributed by atoms with Gasteiger partial charge in [-0.2, -0.15) is 5.10 Å². The van der Waals surface area contributed by atoms with Crippen LogP contribution in [0.5, 0.6) is 0 Å². The first-order valence-corrected chi connectivity index (χ1v) is 6.70. The number of ether oxygens (including phenoxy) is 1. The summed E-state index contributed by atoms with van der Waals surface area (Å²) in [5.74, 6) is -1.62. The summed E-state index contributed by atoms with van der Waals surface area (Å²) in [5.41, 5.74) is 1.78. The van der Waals surface area contributed by atoms with Gasteiger partial charge in [0.2, 0.25) is 0 Å². The Morgan fingerprint density at radius 1 is 1.57 bits per heavy atom. The molecule has 2 rings (SSSR count). The maximum atomic E-state index is 12.1. The minimum Gasteiger partial charge on any atom is -0.481 e. The van der Waals surface area contributed by atoms with Crippen molar-refractivity contribution >= 4 is 12.0 Å². The van der Waals surface area contributed by atoms with Gasteiger partial charge in [0.05, 0.1) is 24.9 Å². The molecule has 1 aromatic rings. The lowest BCUT2D eigenvalue weighted by Gasteiger charge is -2.26. The summed E-state index contributed by atoms with van der Waals surface area (Å²) in [7, 11) is 3.40. The van der Waals surface area contributed by atoms with E-state index < -0.39 is 17.9 Å². The Morgan fingerprint density at radius 2 is 2.29 bits per heavy atom. The molecular weight excluding hydrogens is 276 g/mol. The molecule has 21 heavy (non-hydrogen) atoms. The summed E-state index contributed by atoms with van der Waals surface area (Å²) in [6, 6.07) is -0.766. The topological polar surface area (TPSA) is 96.7 Å². The van der Waals surface area contributed by atoms with Crippen LogP contribution in [0, 0.1) is 12.8 Å². The van der Waals surface area contributed by atoms with E-state index in [-0.39, 0.29) is 19.2 Å². The van der Waals surface area contributed by atoms with E-state index in [0.29, 0.717) is 6.54 Å². The normalized spacial score (nSPS) is 21.3. The number of carboxylic acid groups (broad SMARTS) is 1. The van der Waals surface area contributed by atoms with Gasteiger partial charge in [0, 0.05) is 32.4 Å².